The zero-order valence-electron chi connectivity index (χ0n) is 59.8. The van der Waals surface area contributed by atoms with Gasteiger partial charge < -0.3 is 50.8 Å². The number of ether oxygens (including phenoxy) is 1. The molecule has 0 unspecified atom stereocenters. The number of nitrogens with zero attached hydrogens (tertiary/aromatic N) is 15. The molecule has 2 saturated heterocycles. The number of nitrogens with one attached hydrogen (secondary N) is 7. The molecule has 0 aliphatic carbocycles. The molecule has 9 N–H and O–H groups in total. The molecule has 12 rings (SSSR count). The first-order valence-electron chi connectivity index (χ1n) is 32.3. The minimum Gasteiger partial charge on any atom is -0.399 e. The lowest BCUT2D eigenvalue weighted by Crippen LogP contribution is -2.41. The maximum Gasteiger partial charge on any atom is 0.494 e. The molecule has 0 spiro atoms. The number of nitrogens with two attached hydrogens (primary N) is 1. The molecule has 556 valence electrons. The van der Waals surface area contributed by atoms with Gasteiger partial charge in [-0.3, -0.25) is 16.1 Å². The number of rotatable bonds is 12. The molecule has 6 amide bonds. The topological polar surface area (TPSA) is 366 Å². The number of halogens is 7. The number of carbonyl (C=O) groups is 4. The lowest BCUT2D eigenvalue weighted by Gasteiger charge is -2.32. The number of carbonyl (C=O) groups excluding carboxylic acids is 4. The molecule has 2 aliphatic rings. The number of hydrogen-bond acceptors (Lipinski definition) is 21. The van der Waals surface area contributed by atoms with Gasteiger partial charge in [0.2, 0.25) is 21.8 Å². The van der Waals surface area contributed by atoms with Gasteiger partial charge in [0.15, 0.2) is 23.2 Å². The average Bonchev–Trinajstić information content (AvgIpc) is 1.62. The van der Waals surface area contributed by atoms with Crippen molar-refractivity contribution in [3.63, 3.8) is 0 Å². The molecule has 0 radical (unpaired) electrons. The van der Waals surface area contributed by atoms with Gasteiger partial charge in [0, 0.05) is 86.6 Å². The monoisotopic (exact) mass is 1570 g/mol. The summed E-state index contributed by atoms with van der Waals surface area (Å²) in [4.78, 5) is 79.8. The highest BCUT2D eigenvalue weighted by atomic mass is 35.5. The van der Waals surface area contributed by atoms with Gasteiger partial charge in [0.05, 0.1) is 76.1 Å². The van der Waals surface area contributed by atoms with E-state index in [-0.39, 0.29) is 98.7 Å². The Morgan fingerprint density at radius 3 is 1.24 bits per heavy atom. The first-order valence-corrected chi connectivity index (χ1v) is 34.6. The van der Waals surface area contributed by atoms with Gasteiger partial charge in [0.1, 0.15) is 15.5 Å². The maximum absolute atomic E-state index is 11.5. The van der Waals surface area contributed by atoms with Gasteiger partial charge in [-0.05, 0) is 160 Å². The summed E-state index contributed by atoms with van der Waals surface area (Å²) in [6.45, 7) is 27.2. The Balaban J connectivity index is 0.000000207. The summed E-state index contributed by atoms with van der Waals surface area (Å²) >= 11 is 34.0. The maximum atomic E-state index is 11.5. The van der Waals surface area contributed by atoms with E-state index in [4.69, 9.17) is 99.5 Å². The van der Waals surface area contributed by atoms with Gasteiger partial charge in [-0.1, -0.05) is 71.2 Å². The molecular weight excluding hydrogens is 1490 g/mol. The van der Waals surface area contributed by atoms with Gasteiger partial charge >= 0.3 is 25.2 Å². The molecule has 0 bridgehead atoms. The summed E-state index contributed by atoms with van der Waals surface area (Å²) in [6.07, 6.45) is 5.69. The predicted molar refractivity (Wildman–Crippen MR) is 415 cm³/mol. The quantitative estimate of drug-likeness (QED) is 0.0141. The minimum atomic E-state index is -0.381. The van der Waals surface area contributed by atoms with Gasteiger partial charge in [-0.25, -0.2) is 53.3 Å². The molecule has 30 nitrogen and oxygen atoms in total. The van der Waals surface area contributed by atoms with Crippen LogP contribution in [0.4, 0.5) is 37.4 Å². The van der Waals surface area contributed by atoms with Crippen molar-refractivity contribution in [1.29, 1.82) is 0 Å². The molecule has 10 aromatic rings. The third-order valence-electron chi connectivity index (χ3n) is 15.5. The number of hydrogen-bond donors (Lipinski definition) is 8. The summed E-state index contributed by atoms with van der Waals surface area (Å²) in [5.41, 5.74) is 10.5. The molecule has 2 aliphatic heterocycles. The van der Waals surface area contributed by atoms with Crippen molar-refractivity contribution in [1.82, 2.24) is 90.6 Å². The smallest absolute Gasteiger partial charge is 0.399 e. The van der Waals surface area contributed by atoms with E-state index < -0.39 is 0 Å². The van der Waals surface area contributed by atoms with Crippen LogP contribution in [0.25, 0.3) is 55.6 Å². The predicted octanol–water partition coefficient (Wildman–Crippen LogP) is 13.1. The van der Waals surface area contributed by atoms with Crippen LogP contribution in [0.5, 0.6) is 0 Å². The second-order valence-corrected chi connectivity index (χ2v) is 26.8. The minimum absolute atomic E-state index is 0. The number of urea groups is 3. The van der Waals surface area contributed by atoms with Crippen LogP contribution in [0, 0.1) is 0 Å². The Bertz CT molecular complexity index is 4490. The number of amides is 6. The number of morpholine rings is 1. The van der Waals surface area contributed by atoms with Crippen LogP contribution in [0.1, 0.15) is 112 Å². The summed E-state index contributed by atoms with van der Waals surface area (Å²) in [7, 11) is 4.35. The highest BCUT2D eigenvalue weighted by Crippen LogP contribution is 2.37. The van der Waals surface area contributed by atoms with E-state index in [1.165, 1.54) is 0 Å². The first kappa shape index (κ1) is 84.5. The average molecular weight is 1570 g/mol. The van der Waals surface area contributed by atoms with Crippen molar-refractivity contribution in [3.05, 3.63) is 128 Å². The highest BCUT2D eigenvalue weighted by molar-refractivity contribution is 6.62. The Hall–Kier alpha value is -8.44. The van der Waals surface area contributed by atoms with E-state index >= 15 is 0 Å². The summed E-state index contributed by atoms with van der Waals surface area (Å²) in [5.74, 6) is 5.61. The van der Waals surface area contributed by atoms with Crippen LogP contribution in [0.2, 0.25) is 31.3 Å². The Morgan fingerprint density at radius 2 is 0.856 bits per heavy atom. The number of fused-ring (bicyclic) bond motifs is 3. The van der Waals surface area contributed by atoms with Crippen LogP contribution < -0.4 is 53.5 Å². The van der Waals surface area contributed by atoms with Crippen molar-refractivity contribution in [2.24, 2.45) is 5.84 Å². The third kappa shape index (κ3) is 22.3. The van der Waals surface area contributed by atoms with Crippen LogP contribution >= 0.6 is 82.0 Å². The molecule has 9 heterocycles. The molecule has 38 heteroatoms. The van der Waals surface area contributed by atoms with E-state index in [1.807, 2.05) is 145 Å². The number of anilines is 4. The van der Waals surface area contributed by atoms with Crippen molar-refractivity contribution >= 4 is 175 Å². The molecule has 0 saturated carbocycles. The van der Waals surface area contributed by atoms with Crippen LogP contribution in [-0.4, -0.2) is 165 Å². The van der Waals surface area contributed by atoms with Crippen molar-refractivity contribution < 1.29 is 33.2 Å². The zero-order valence-corrected chi connectivity index (χ0v) is 65.1. The van der Waals surface area contributed by atoms with E-state index in [0.717, 1.165) is 62.9 Å². The number of hydrazine groups is 1. The van der Waals surface area contributed by atoms with Crippen LogP contribution in [-0.2, 0) is 14.0 Å². The normalized spacial score (nSPS) is 13.4. The third-order valence-corrected chi connectivity index (χ3v) is 16.9. The second kappa shape index (κ2) is 38.5. The fourth-order valence-electron chi connectivity index (χ4n) is 9.35. The zero-order chi connectivity index (χ0) is 75.6. The second-order valence-electron chi connectivity index (χ2n) is 24.8. The Morgan fingerprint density at radius 1 is 0.510 bits per heavy atom. The highest BCUT2D eigenvalue weighted by Gasteiger charge is 2.51. The Labute approximate surface area is 638 Å². The Kier molecular flexibility index (Phi) is 31.3. The van der Waals surface area contributed by atoms with E-state index in [0.29, 0.717) is 65.0 Å². The fraction of sp³-hybridized carbons (Fsp3) is 0.379. The molecule has 104 heavy (non-hydrogen) atoms. The largest absolute Gasteiger partial charge is 0.494 e. The van der Waals surface area contributed by atoms with Crippen LogP contribution in [0.3, 0.4) is 0 Å². The van der Waals surface area contributed by atoms with Gasteiger partial charge in [0.25, 0.3) is 0 Å². The number of aldehydes is 1. The van der Waals surface area contributed by atoms with Crippen molar-refractivity contribution in [3.8, 4) is 22.5 Å². The molecule has 7 aromatic heterocycles. The summed E-state index contributed by atoms with van der Waals surface area (Å²) in [6, 6.07) is 22.6. The molecule has 3 aromatic carbocycles. The van der Waals surface area contributed by atoms with Gasteiger partial charge in [-0.2, -0.15) is 30.2 Å². The van der Waals surface area contributed by atoms with Gasteiger partial charge in [-0.15, -0.1) is 12.4 Å². The SMILES string of the molecule is CC(C)NN.CC(C)n1ncc2c(Cl)nc(Cl)nc21.CNC(=O)Nc1ccc(-c2nc(Cl)nc3c2cnn3C(C)C)cc1.CNC(=O)Nc1ccc(-c2nc(N3CCOCC3)nc3c2cnn3C(C)C)cc1.CNC(=O)Nc1ccc(B2OC(C)(C)C(C)(C)O2)cc1.Cl.O=Cc1c(Cl)nc(Cl)nc1Cl. The summed E-state index contributed by atoms with van der Waals surface area (Å²) < 4.78 is 22.9. The molecule has 0 atom stereocenters. The fourth-order valence-corrected chi connectivity index (χ4v) is 10.7. The lowest BCUT2D eigenvalue weighted by molar-refractivity contribution is 0.00578. The first-order chi connectivity index (χ1) is 48.8. The van der Waals surface area contributed by atoms with E-state index in [9.17, 15) is 19.2 Å². The lowest BCUT2D eigenvalue weighted by atomic mass is 9.79. The number of benzene rings is 3. The molecular formula is C66H83BCl7N23O7. The number of aromatic nitrogens is 14. The van der Waals surface area contributed by atoms with E-state index in [2.05, 4.69) is 101 Å². The van der Waals surface area contributed by atoms with Crippen molar-refractivity contribution in [2.45, 2.75) is 118 Å². The van der Waals surface area contributed by atoms with E-state index in [1.54, 1.807) is 50.4 Å². The van der Waals surface area contributed by atoms with Crippen molar-refractivity contribution in [2.75, 3.05) is 68.3 Å². The van der Waals surface area contributed by atoms with Crippen LogP contribution in [0.15, 0.2) is 91.4 Å². The summed E-state index contributed by atoms with van der Waals surface area (Å²) in [5, 5.41) is 31.8. The molecule has 2 fully saturated rings. The standard InChI is InChI=1S/C20H25N7O2.C16H17ClN6O.C14H21BN2O3.C8H8Cl2N4.C5HCl3N2O.C3H10N2.ClH/c1-13(2)27-18-16(12-22-27)17(24-19(25-18)26-8-10-29-11-9-26)14-4-6-15(7-5-14)23-20(28)21-3;1-9(2)23-14-12(8-19-23)13(21-15(17)22-14)10-4-6-11(7-5-10)20-16(24)18-3;1-13(2)14(3,4)20-15(19-13)10-6-8-11(9-7-10)17-12(18)16-5;1-4(2)14-7-5(3-11-14)6(9)12-8(10)13-7;6-3-2(1-11)4(7)10-5(8)9-3;1-3(2)5-4;/h4-7,12-13H,8-11H2,1-3H3,(H2,21,23,28);4-9H,1-3H3,(H2,18,20,24);6-9H,1-5H3,(H2,16,17,18);3-4H,1-2H3;1H;3,5H,4H2,1-2H3;1H.